The lowest BCUT2D eigenvalue weighted by Crippen LogP contribution is -2.43. The zero-order valence-electron chi connectivity index (χ0n) is 13.5. The van der Waals surface area contributed by atoms with Gasteiger partial charge in [-0.3, -0.25) is 0 Å². The highest BCUT2D eigenvalue weighted by Crippen LogP contribution is 2.54. The average Bonchev–Trinajstić information content (AvgIpc) is 3.10. The molecular formula is C21H18Cl2Si. The number of fused-ring (bicyclic) bond motifs is 2. The van der Waals surface area contributed by atoms with Gasteiger partial charge in [-0.2, -0.15) is 0 Å². The molecule has 2 unspecified atom stereocenters. The van der Waals surface area contributed by atoms with E-state index in [1.54, 1.807) is 0 Å². The number of allylic oxidation sites excluding steroid dienone is 2. The largest absolute Gasteiger partial charge is 0.107 e. The average molecular weight is 369 g/mol. The van der Waals surface area contributed by atoms with E-state index in [0.717, 1.165) is 10.1 Å². The van der Waals surface area contributed by atoms with Crippen molar-refractivity contribution < 1.29 is 0 Å². The summed E-state index contributed by atoms with van der Waals surface area (Å²) in [6.45, 7) is 6.58. The second-order valence-corrected chi connectivity index (χ2v) is 11.9. The summed E-state index contributed by atoms with van der Waals surface area (Å²) in [5.74, 6) is 0. The summed E-state index contributed by atoms with van der Waals surface area (Å²) < 4.78 is 0. The molecule has 0 radical (unpaired) electrons. The Bertz CT molecular complexity index is 827. The van der Waals surface area contributed by atoms with E-state index >= 15 is 0 Å². The summed E-state index contributed by atoms with van der Waals surface area (Å²) in [5, 5.41) is 1.83. The third kappa shape index (κ3) is 2.19. The Hall–Kier alpha value is -1.54. The topological polar surface area (TPSA) is 0 Å². The van der Waals surface area contributed by atoms with Gasteiger partial charge in [0.15, 0.2) is 0 Å². The predicted molar refractivity (Wildman–Crippen MR) is 108 cm³/mol. The highest BCUT2D eigenvalue weighted by molar-refractivity contribution is 6.88. The van der Waals surface area contributed by atoms with Crippen LogP contribution in [0.15, 0.2) is 70.9 Å². The molecule has 0 fully saturated rings. The van der Waals surface area contributed by atoms with Gasteiger partial charge in [0.05, 0.1) is 0 Å². The first-order valence-electron chi connectivity index (χ1n) is 8.12. The fourth-order valence-electron chi connectivity index (χ4n) is 4.24. The molecule has 0 saturated heterocycles. The molecule has 24 heavy (non-hydrogen) atoms. The Labute approximate surface area is 154 Å². The smallest absolute Gasteiger partial charge is 0.101 e. The number of benzene rings is 2. The third-order valence-corrected chi connectivity index (χ3v) is 11.1. The van der Waals surface area contributed by atoms with E-state index < -0.39 is 8.07 Å². The summed E-state index contributed by atoms with van der Waals surface area (Å²) in [5.41, 5.74) is 7.63. The van der Waals surface area contributed by atoms with E-state index in [4.69, 9.17) is 23.2 Å². The van der Waals surface area contributed by atoms with Gasteiger partial charge in [-0.1, -0.05) is 84.0 Å². The van der Waals surface area contributed by atoms with Gasteiger partial charge in [-0.25, -0.2) is 0 Å². The lowest BCUT2D eigenvalue weighted by Gasteiger charge is -2.38. The van der Waals surface area contributed by atoms with Crippen molar-refractivity contribution in [3.8, 4) is 0 Å². The second-order valence-electron chi connectivity index (χ2n) is 6.75. The molecule has 2 aromatic rings. The minimum absolute atomic E-state index is 0.200. The van der Waals surface area contributed by atoms with Crippen molar-refractivity contribution in [1.29, 1.82) is 0 Å². The molecule has 0 N–H and O–H groups in total. The van der Waals surface area contributed by atoms with Crippen LogP contribution in [0.4, 0.5) is 0 Å². The van der Waals surface area contributed by atoms with E-state index in [9.17, 15) is 0 Å². The number of hydrogen-bond donors (Lipinski definition) is 0. The van der Waals surface area contributed by atoms with Gasteiger partial charge in [0, 0.05) is 21.1 Å². The normalized spacial score (nSPS) is 23.8. The highest BCUT2D eigenvalue weighted by Gasteiger charge is 2.49. The van der Waals surface area contributed by atoms with Crippen LogP contribution in [0.2, 0.25) is 6.55 Å². The quantitative estimate of drug-likeness (QED) is 0.533. The van der Waals surface area contributed by atoms with Crippen molar-refractivity contribution in [2.24, 2.45) is 0 Å². The zero-order chi connectivity index (χ0) is 16.9. The van der Waals surface area contributed by atoms with E-state index in [0.29, 0.717) is 0 Å². The van der Waals surface area contributed by atoms with Crippen LogP contribution in [-0.2, 0) is 0 Å². The van der Waals surface area contributed by atoms with E-state index in [2.05, 4.69) is 79.5 Å². The molecule has 2 aliphatic rings. The summed E-state index contributed by atoms with van der Waals surface area (Å²) in [4.78, 5) is 0. The monoisotopic (exact) mass is 368 g/mol. The predicted octanol–water partition coefficient (Wildman–Crippen LogP) is 6.62. The standard InChI is InChI=1S/C21H18Cl2Si/c1-3-24(2,20-16-10-6-4-8-14(16)12-18(20)22)21-17-11-7-5-9-15(17)13-19(21)23/h3-13,20-21H,1H2,2H3. The van der Waals surface area contributed by atoms with Crippen molar-refractivity contribution in [3.63, 3.8) is 0 Å². The van der Waals surface area contributed by atoms with Crippen LogP contribution in [0.5, 0.6) is 0 Å². The van der Waals surface area contributed by atoms with Crippen molar-refractivity contribution in [2.75, 3.05) is 0 Å². The zero-order valence-corrected chi connectivity index (χ0v) is 16.0. The lowest BCUT2D eigenvalue weighted by molar-refractivity contribution is 1.04. The minimum atomic E-state index is -2.12. The molecule has 0 amide bonds. The molecule has 0 aliphatic heterocycles. The molecule has 4 rings (SSSR count). The fourth-order valence-corrected chi connectivity index (χ4v) is 10.1. The van der Waals surface area contributed by atoms with E-state index in [-0.39, 0.29) is 11.1 Å². The Morgan fingerprint density at radius 3 is 1.67 bits per heavy atom. The van der Waals surface area contributed by atoms with Crippen molar-refractivity contribution in [2.45, 2.75) is 17.6 Å². The number of hydrogen-bond acceptors (Lipinski definition) is 0. The van der Waals surface area contributed by atoms with Gasteiger partial charge in [0.2, 0.25) is 0 Å². The van der Waals surface area contributed by atoms with Crippen LogP contribution in [0.1, 0.15) is 33.3 Å². The Kier molecular flexibility index (Phi) is 3.83. The summed E-state index contributed by atoms with van der Waals surface area (Å²) in [7, 11) is -2.12. The van der Waals surface area contributed by atoms with Crippen LogP contribution in [-0.4, -0.2) is 8.07 Å². The first-order chi connectivity index (χ1) is 11.6. The van der Waals surface area contributed by atoms with E-state index in [1.165, 1.54) is 22.3 Å². The molecule has 3 heteroatoms. The molecule has 0 heterocycles. The summed E-state index contributed by atoms with van der Waals surface area (Å²) in [6.07, 6.45) is 4.21. The first-order valence-corrected chi connectivity index (χ1v) is 11.6. The third-order valence-electron chi connectivity index (χ3n) is 5.44. The summed E-state index contributed by atoms with van der Waals surface area (Å²) >= 11 is 13.5. The molecule has 0 saturated carbocycles. The highest BCUT2D eigenvalue weighted by atomic mass is 35.5. The Morgan fingerprint density at radius 1 is 0.833 bits per heavy atom. The molecule has 0 spiro atoms. The van der Waals surface area contributed by atoms with Crippen molar-refractivity contribution in [3.05, 3.63) is 93.1 Å². The molecule has 2 atom stereocenters. The SMILES string of the molecule is C=C[Si](C)(C1C(Cl)=Cc2ccccc21)C1C(Cl)=Cc2ccccc21. The molecule has 0 aromatic heterocycles. The van der Waals surface area contributed by atoms with Crippen molar-refractivity contribution in [1.82, 2.24) is 0 Å². The summed E-state index contributed by atoms with van der Waals surface area (Å²) in [6, 6.07) is 17.0. The molecule has 0 bridgehead atoms. The first kappa shape index (κ1) is 16.0. The second kappa shape index (κ2) is 5.77. The lowest BCUT2D eigenvalue weighted by atomic mass is 10.1. The van der Waals surface area contributed by atoms with Crippen LogP contribution in [0, 0.1) is 0 Å². The van der Waals surface area contributed by atoms with Gasteiger partial charge < -0.3 is 0 Å². The van der Waals surface area contributed by atoms with Gasteiger partial charge in [0.1, 0.15) is 8.07 Å². The van der Waals surface area contributed by atoms with Crippen LogP contribution >= 0.6 is 23.2 Å². The number of rotatable bonds is 3. The van der Waals surface area contributed by atoms with Gasteiger partial charge in [0.25, 0.3) is 0 Å². The molecule has 120 valence electrons. The Balaban J connectivity index is 1.89. The molecule has 0 nitrogen and oxygen atoms in total. The maximum Gasteiger partial charge on any atom is 0.101 e. The fraction of sp³-hybridized carbons (Fsp3) is 0.143. The van der Waals surface area contributed by atoms with Crippen LogP contribution < -0.4 is 0 Å². The van der Waals surface area contributed by atoms with Crippen LogP contribution in [0.25, 0.3) is 12.2 Å². The maximum atomic E-state index is 6.75. The van der Waals surface area contributed by atoms with Gasteiger partial charge in [-0.05, 0) is 34.4 Å². The Morgan fingerprint density at radius 2 is 1.25 bits per heavy atom. The maximum absolute atomic E-state index is 6.75. The molecular weight excluding hydrogens is 351 g/mol. The molecule has 2 aromatic carbocycles. The van der Waals surface area contributed by atoms with Gasteiger partial charge in [-0.15, -0.1) is 6.58 Å². The van der Waals surface area contributed by atoms with Crippen LogP contribution in [0.3, 0.4) is 0 Å². The van der Waals surface area contributed by atoms with Crippen molar-refractivity contribution >= 4 is 43.4 Å². The van der Waals surface area contributed by atoms with E-state index in [1.807, 2.05) is 0 Å². The molecule has 2 aliphatic carbocycles. The van der Waals surface area contributed by atoms with Gasteiger partial charge >= 0.3 is 0 Å². The minimum Gasteiger partial charge on any atom is -0.107 e. The number of halogens is 2.